The average Bonchev–Trinajstić information content (AvgIpc) is 2.98. The van der Waals surface area contributed by atoms with Gasteiger partial charge in [0.25, 0.3) is 0 Å². The number of aryl methyl sites for hydroxylation is 1. The van der Waals surface area contributed by atoms with Crippen molar-refractivity contribution < 1.29 is 5.11 Å². The summed E-state index contributed by atoms with van der Waals surface area (Å²) >= 11 is 3.35. The number of phenolic OH excluding ortho intramolecular Hbond substituents is 1. The maximum Gasteiger partial charge on any atom is 0.158 e. The molecule has 2 aromatic heterocycles. The van der Waals surface area contributed by atoms with Gasteiger partial charge >= 0.3 is 0 Å². The lowest BCUT2D eigenvalue weighted by atomic mass is 10.2. The van der Waals surface area contributed by atoms with Gasteiger partial charge in [-0.25, -0.2) is 14.6 Å². The molecule has 0 saturated carbocycles. The fourth-order valence-electron chi connectivity index (χ4n) is 1.87. The quantitative estimate of drug-likeness (QED) is 0.542. The lowest BCUT2D eigenvalue weighted by Crippen LogP contribution is -2.01. The molecule has 0 aliphatic heterocycles. The van der Waals surface area contributed by atoms with Gasteiger partial charge in [0.2, 0.25) is 0 Å². The maximum atomic E-state index is 9.75. The molecule has 3 rings (SSSR count). The lowest BCUT2D eigenvalue weighted by Gasteiger charge is -2.03. The largest absolute Gasteiger partial charge is 0.507 e. The van der Waals surface area contributed by atoms with Gasteiger partial charge in [-0.1, -0.05) is 15.9 Å². The van der Waals surface area contributed by atoms with Crippen LogP contribution < -0.4 is 5.43 Å². The molecule has 8 heteroatoms. The van der Waals surface area contributed by atoms with Gasteiger partial charge in [-0.05, 0) is 30.7 Å². The van der Waals surface area contributed by atoms with E-state index >= 15 is 0 Å². The van der Waals surface area contributed by atoms with Crippen LogP contribution in [-0.4, -0.2) is 31.1 Å². The van der Waals surface area contributed by atoms with E-state index in [1.54, 1.807) is 35.1 Å². The smallest absolute Gasteiger partial charge is 0.158 e. The zero-order chi connectivity index (χ0) is 16.2. The molecule has 0 saturated heterocycles. The number of nitrogens with zero attached hydrogens (tertiary/aromatic N) is 5. The Balaban J connectivity index is 1.76. The molecule has 0 radical (unpaired) electrons. The van der Waals surface area contributed by atoms with Crippen molar-refractivity contribution >= 4 is 28.0 Å². The molecular weight excluding hydrogens is 360 g/mol. The van der Waals surface area contributed by atoms with Crippen LogP contribution in [0, 0.1) is 6.92 Å². The van der Waals surface area contributed by atoms with Crippen LogP contribution in [0.2, 0.25) is 0 Å². The number of hydrogen-bond acceptors (Lipinski definition) is 6. The SMILES string of the molecule is Cc1cnn(-c2cc(N/N=C\c3cc(Br)ccc3O)ncn2)c1. The van der Waals surface area contributed by atoms with E-state index in [0.717, 1.165) is 10.0 Å². The number of hydrazone groups is 1. The fourth-order valence-corrected chi connectivity index (χ4v) is 2.25. The summed E-state index contributed by atoms with van der Waals surface area (Å²) in [4.78, 5) is 8.26. The second-order valence-electron chi connectivity index (χ2n) is 4.80. The summed E-state index contributed by atoms with van der Waals surface area (Å²) in [6.45, 7) is 1.96. The predicted molar refractivity (Wildman–Crippen MR) is 90.9 cm³/mol. The van der Waals surface area contributed by atoms with E-state index in [0.29, 0.717) is 17.2 Å². The number of phenols is 1. The number of benzene rings is 1. The number of hydrogen-bond donors (Lipinski definition) is 2. The third-order valence-electron chi connectivity index (χ3n) is 2.97. The maximum absolute atomic E-state index is 9.75. The normalized spacial score (nSPS) is 11.0. The molecule has 0 fully saturated rings. The van der Waals surface area contributed by atoms with Crippen LogP contribution in [0.3, 0.4) is 0 Å². The summed E-state index contributed by atoms with van der Waals surface area (Å²) < 4.78 is 2.52. The lowest BCUT2D eigenvalue weighted by molar-refractivity contribution is 0.474. The van der Waals surface area contributed by atoms with Crippen molar-refractivity contribution in [3.63, 3.8) is 0 Å². The Morgan fingerprint density at radius 3 is 2.96 bits per heavy atom. The van der Waals surface area contributed by atoms with Crippen molar-refractivity contribution in [3.05, 3.63) is 58.6 Å². The van der Waals surface area contributed by atoms with Gasteiger partial charge < -0.3 is 5.11 Å². The first kappa shape index (κ1) is 15.2. The van der Waals surface area contributed by atoms with E-state index in [4.69, 9.17) is 0 Å². The standard InChI is InChI=1S/C15H13BrN6O/c1-10-6-20-22(8-10)15-5-14(17-9-18-15)21-19-7-11-4-12(16)2-3-13(11)23/h2-9,23H,1H3,(H,17,18,21)/b19-7-. The number of rotatable bonds is 4. The highest BCUT2D eigenvalue weighted by atomic mass is 79.9. The summed E-state index contributed by atoms with van der Waals surface area (Å²) in [5.74, 6) is 1.30. The van der Waals surface area contributed by atoms with Crippen molar-refractivity contribution in [2.45, 2.75) is 6.92 Å². The summed E-state index contributed by atoms with van der Waals surface area (Å²) in [7, 11) is 0. The number of anilines is 1. The van der Waals surface area contributed by atoms with E-state index in [9.17, 15) is 5.11 Å². The minimum absolute atomic E-state index is 0.147. The van der Waals surface area contributed by atoms with E-state index < -0.39 is 0 Å². The van der Waals surface area contributed by atoms with Crippen LogP contribution in [0.5, 0.6) is 5.75 Å². The van der Waals surface area contributed by atoms with Gasteiger partial charge in [-0.3, -0.25) is 5.43 Å². The molecule has 7 nitrogen and oxygen atoms in total. The molecule has 0 aliphatic carbocycles. The Hall–Kier alpha value is -2.74. The van der Waals surface area contributed by atoms with Crippen molar-refractivity contribution in [3.8, 4) is 11.6 Å². The highest BCUT2D eigenvalue weighted by molar-refractivity contribution is 9.10. The summed E-state index contributed by atoms with van der Waals surface area (Å²) in [6, 6.07) is 6.83. The molecule has 0 bridgehead atoms. The van der Waals surface area contributed by atoms with Crippen molar-refractivity contribution in [1.82, 2.24) is 19.7 Å². The third-order valence-corrected chi connectivity index (χ3v) is 3.46. The van der Waals surface area contributed by atoms with Crippen LogP contribution >= 0.6 is 15.9 Å². The highest BCUT2D eigenvalue weighted by Gasteiger charge is 2.02. The second kappa shape index (κ2) is 6.57. The molecule has 2 heterocycles. The van der Waals surface area contributed by atoms with E-state index in [-0.39, 0.29) is 5.75 Å². The van der Waals surface area contributed by atoms with Crippen molar-refractivity contribution in [2.24, 2.45) is 5.10 Å². The van der Waals surface area contributed by atoms with Crippen LogP contribution in [0.15, 0.2) is 52.6 Å². The molecule has 0 unspecified atom stereocenters. The van der Waals surface area contributed by atoms with Crippen LogP contribution in [0.25, 0.3) is 5.82 Å². The average molecular weight is 373 g/mol. The first-order valence-corrected chi connectivity index (χ1v) is 7.52. The molecule has 3 aromatic rings. The van der Waals surface area contributed by atoms with E-state index in [1.807, 2.05) is 13.1 Å². The molecule has 2 N–H and O–H groups in total. The molecule has 0 amide bonds. The van der Waals surface area contributed by atoms with Gasteiger partial charge in [-0.2, -0.15) is 10.2 Å². The summed E-state index contributed by atoms with van der Waals surface area (Å²) in [5, 5.41) is 18.0. The van der Waals surface area contributed by atoms with Crippen LogP contribution in [0.4, 0.5) is 5.82 Å². The highest BCUT2D eigenvalue weighted by Crippen LogP contribution is 2.20. The minimum Gasteiger partial charge on any atom is -0.507 e. The van der Waals surface area contributed by atoms with Gasteiger partial charge in [0.15, 0.2) is 11.6 Å². The number of halogens is 1. The van der Waals surface area contributed by atoms with E-state index in [1.165, 1.54) is 12.5 Å². The Kier molecular flexibility index (Phi) is 4.33. The molecular formula is C15H13BrN6O. The van der Waals surface area contributed by atoms with Crippen molar-refractivity contribution in [2.75, 3.05) is 5.43 Å². The molecule has 1 aromatic carbocycles. The summed E-state index contributed by atoms with van der Waals surface area (Å²) in [5.41, 5.74) is 4.44. The first-order valence-electron chi connectivity index (χ1n) is 6.73. The second-order valence-corrected chi connectivity index (χ2v) is 5.71. The minimum atomic E-state index is 0.147. The molecule has 23 heavy (non-hydrogen) atoms. The third kappa shape index (κ3) is 3.72. The van der Waals surface area contributed by atoms with Crippen molar-refractivity contribution in [1.29, 1.82) is 0 Å². The molecule has 0 atom stereocenters. The molecule has 116 valence electrons. The zero-order valence-electron chi connectivity index (χ0n) is 12.2. The predicted octanol–water partition coefficient (Wildman–Crippen LogP) is 2.88. The Bertz CT molecular complexity index is 861. The molecule has 0 spiro atoms. The number of nitrogens with one attached hydrogen (secondary N) is 1. The zero-order valence-corrected chi connectivity index (χ0v) is 13.8. The monoisotopic (exact) mass is 372 g/mol. The Morgan fingerprint density at radius 2 is 2.17 bits per heavy atom. The van der Waals surface area contributed by atoms with Gasteiger partial charge in [-0.15, -0.1) is 0 Å². The Morgan fingerprint density at radius 1 is 1.30 bits per heavy atom. The van der Waals surface area contributed by atoms with Gasteiger partial charge in [0.1, 0.15) is 12.1 Å². The van der Waals surface area contributed by atoms with E-state index in [2.05, 4.69) is 41.5 Å². The van der Waals surface area contributed by atoms with Crippen LogP contribution in [-0.2, 0) is 0 Å². The van der Waals surface area contributed by atoms with Crippen LogP contribution in [0.1, 0.15) is 11.1 Å². The number of aromatic nitrogens is 4. The fraction of sp³-hybridized carbons (Fsp3) is 0.0667. The number of aromatic hydroxyl groups is 1. The van der Waals surface area contributed by atoms with Gasteiger partial charge in [0.05, 0.1) is 12.4 Å². The topological polar surface area (TPSA) is 88.2 Å². The van der Waals surface area contributed by atoms with Gasteiger partial charge in [0, 0.05) is 22.3 Å². The first-order chi connectivity index (χ1) is 11.1. The summed E-state index contributed by atoms with van der Waals surface area (Å²) in [6.07, 6.45) is 6.57. The Labute approximate surface area is 140 Å². The molecule has 0 aliphatic rings.